The first-order valence-corrected chi connectivity index (χ1v) is 8.87. The van der Waals surface area contributed by atoms with Crippen molar-refractivity contribution in [1.82, 2.24) is 14.1 Å². The first-order valence-electron chi connectivity index (χ1n) is 7.43. The van der Waals surface area contributed by atoms with Crippen LogP contribution in [0.4, 0.5) is 5.82 Å². The zero-order chi connectivity index (χ0) is 15.5. The van der Waals surface area contributed by atoms with Crippen molar-refractivity contribution in [2.75, 3.05) is 25.4 Å². The standard InChI is InChI=1S/C13H24N4O3S/c1-2-6-16-10-12(13(14)15-16)21(19,20)17-7-3-4-11(9-17)5-8-18/h10-11,18H,2-9H2,1H3,(H2,14,15). The van der Waals surface area contributed by atoms with Crippen LogP contribution in [-0.2, 0) is 16.6 Å². The van der Waals surface area contributed by atoms with Gasteiger partial charge in [0.15, 0.2) is 5.82 Å². The molecule has 1 aliphatic heterocycles. The number of anilines is 1. The zero-order valence-corrected chi connectivity index (χ0v) is 13.2. The molecule has 8 heteroatoms. The van der Waals surface area contributed by atoms with Gasteiger partial charge in [0.1, 0.15) is 4.90 Å². The van der Waals surface area contributed by atoms with E-state index in [0.717, 1.165) is 19.3 Å². The minimum Gasteiger partial charge on any atom is -0.396 e. The lowest BCUT2D eigenvalue weighted by atomic mass is 9.97. The lowest BCUT2D eigenvalue weighted by Crippen LogP contribution is -2.40. The Balaban J connectivity index is 2.20. The Morgan fingerprint density at radius 2 is 2.29 bits per heavy atom. The molecule has 0 amide bonds. The predicted molar refractivity (Wildman–Crippen MR) is 80.1 cm³/mol. The largest absolute Gasteiger partial charge is 0.396 e. The Labute approximate surface area is 125 Å². The van der Waals surface area contributed by atoms with E-state index in [0.29, 0.717) is 26.1 Å². The van der Waals surface area contributed by atoms with Crippen LogP contribution in [0.3, 0.4) is 0 Å². The second-order valence-electron chi connectivity index (χ2n) is 5.53. The number of aryl methyl sites for hydroxylation is 1. The maximum absolute atomic E-state index is 12.7. The number of nitrogens with two attached hydrogens (primary N) is 1. The van der Waals surface area contributed by atoms with E-state index in [-0.39, 0.29) is 23.2 Å². The number of piperidine rings is 1. The Morgan fingerprint density at radius 1 is 1.52 bits per heavy atom. The highest BCUT2D eigenvalue weighted by Gasteiger charge is 2.32. The molecule has 0 aliphatic carbocycles. The van der Waals surface area contributed by atoms with Gasteiger partial charge in [0.05, 0.1) is 0 Å². The van der Waals surface area contributed by atoms with Gasteiger partial charge in [-0.05, 0) is 31.6 Å². The number of rotatable bonds is 6. The summed E-state index contributed by atoms with van der Waals surface area (Å²) in [6, 6.07) is 0. The predicted octanol–water partition coefficient (Wildman–Crippen LogP) is 0.658. The summed E-state index contributed by atoms with van der Waals surface area (Å²) in [5, 5.41) is 13.1. The molecule has 2 rings (SSSR count). The van der Waals surface area contributed by atoms with Gasteiger partial charge in [-0.25, -0.2) is 8.42 Å². The maximum Gasteiger partial charge on any atom is 0.248 e. The third kappa shape index (κ3) is 3.56. The molecule has 120 valence electrons. The van der Waals surface area contributed by atoms with Gasteiger partial charge in [0.2, 0.25) is 10.0 Å². The molecule has 2 heterocycles. The normalized spacial score (nSPS) is 20.8. The SMILES string of the molecule is CCCn1cc(S(=O)(=O)N2CCCC(CCO)C2)c(N)n1. The summed E-state index contributed by atoms with van der Waals surface area (Å²) in [5.74, 6) is 0.276. The molecule has 0 aromatic carbocycles. The van der Waals surface area contributed by atoms with Crippen molar-refractivity contribution in [3.05, 3.63) is 6.20 Å². The van der Waals surface area contributed by atoms with Crippen LogP contribution < -0.4 is 5.73 Å². The summed E-state index contributed by atoms with van der Waals surface area (Å²) in [6.07, 6.45) is 4.79. The Morgan fingerprint density at radius 3 is 2.95 bits per heavy atom. The third-order valence-corrected chi connectivity index (χ3v) is 5.73. The average Bonchev–Trinajstić information content (AvgIpc) is 2.81. The first kappa shape index (κ1) is 16.3. The van der Waals surface area contributed by atoms with Crippen LogP contribution in [0.25, 0.3) is 0 Å². The smallest absolute Gasteiger partial charge is 0.248 e. The van der Waals surface area contributed by atoms with Crippen LogP contribution in [0.2, 0.25) is 0 Å². The number of aliphatic hydroxyl groups is 1. The van der Waals surface area contributed by atoms with E-state index in [9.17, 15) is 8.42 Å². The zero-order valence-electron chi connectivity index (χ0n) is 12.4. The van der Waals surface area contributed by atoms with E-state index >= 15 is 0 Å². The summed E-state index contributed by atoms with van der Waals surface area (Å²) in [4.78, 5) is 0.0978. The van der Waals surface area contributed by atoms with Gasteiger partial charge in [-0.1, -0.05) is 6.92 Å². The molecule has 0 spiro atoms. The fourth-order valence-corrected chi connectivity index (χ4v) is 4.38. The lowest BCUT2D eigenvalue weighted by molar-refractivity contribution is 0.203. The highest BCUT2D eigenvalue weighted by molar-refractivity contribution is 7.89. The summed E-state index contributed by atoms with van der Waals surface area (Å²) >= 11 is 0. The van der Waals surface area contributed by atoms with Crippen LogP contribution >= 0.6 is 0 Å². The molecule has 1 unspecified atom stereocenters. The van der Waals surface area contributed by atoms with Crippen LogP contribution in [0.15, 0.2) is 11.1 Å². The molecular weight excluding hydrogens is 292 g/mol. The van der Waals surface area contributed by atoms with E-state index in [4.69, 9.17) is 10.8 Å². The summed E-state index contributed by atoms with van der Waals surface area (Å²) < 4.78 is 28.5. The van der Waals surface area contributed by atoms with Gasteiger partial charge in [-0.2, -0.15) is 9.40 Å². The molecule has 1 fully saturated rings. The van der Waals surface area contributed by atoms with Crippen LogP contribution in [0.5, 0.6) is 0 Å². The Kier molecular flexibility index (Phi) is 5.23. The van der Waals surface area contributed by atoms with Gasteiger partial charge in [-0.15, -0.1) is 0 Å². The fourth-order valence-electron chi connectivity index (χ4n) is 2.76. The first-order chi connectivity index (χ1) is 9.98. The number of aliphatic hydroxyl groups excluding tert-OH is 1. The van der Waals surface area contributed by atoms with Crippen molar-refractivity contribution in [1.29, 1.82) is 0 Å². The summed E-state index contributed by atoms with van der Waals surface area (Å²) in [5.41, 5.74) is 5.78. The van der Waals surface area contributed by atoms with Crippen LogP contribution in [0, 0.1) is 5.92 Å². The van der Waals surface area contributed by atoms with Crippen molar-refractivity contribution < 1.29 is 13.5 Å². The number of nitrogen functional groups attached to an aromatic ring is 1. The number of hydrogen-bond acceptors (Lipinski definition) is 5. The molecule has 1 aliphatic rings. The van der Waals surface area contributed by atoms with E-state index in [2.05, 4.69) is 5.10 Å². The van der Waals surface area contributed by atoms with Crippen molar-refractivity contribution in [3.63, 3.8) is 0 Å². The second kappa shape index (κ2) is 6.76. The minimum atomic E-state index is -3.60. The molecule has 0 radical (unpaired) electrons. The van der Waals surface area contributed by atoms with Crippen LogP contribution in [0.1, 0.15) is 32.6 Å². The maximum atomic E-state index is 12.7. The number of nitrogens with zero attached hydrogens (tertiary/aromatic N) is 3. The highest BCUT2D eigenvalue weighted by Crippen LogP contribution is 2.27. The number of sulfonamides is 1. The molecule has 1 atom stereocenters. The molecule has 1 aromatic rings. The third-order valence-electron chi connectivity index (χ3n) is 3.84. The molecule has 0 bridgehead atoms. The van der Waals surface area contributed by atoms with Crippen molar-refractivity contribution in [3.8, 4) is 0 Å². The Hall–Kier alpha value is -1.12. The summed E-state index contributed by atoms with van der Waals surface area (Å²) in [6.45, 7) is 3.68. The van der Waals surface area contributed by atoms with E-state index in [1.54, 1.807) is 4.68 Å². The molecule has 1 aromatic heterocycles. The number of hydrogen-bond donors (Lipinski definition) is 2. The van der Waals surface area contributed by atoms with Crippen molar-refractivity contribution in [2.45, 2.75) is 44.0 Å². The molecule has 0 saturated carbocycles. The quantitative estimate of drug-likeness (QED) is 0.803. The average molecular weight is 316 g/mol. The summed E-state index contributed by atoms with van der Waals surface area (Å²) in [7, 11) is -3.60. The lowest BCUT2D eigenvalue weighted by Gasteiger charge is -2.31. The van der Waals surface area contributed by atoms with Gasteiger partial charge >= 0.3 is 0 Å². The fraction of sp³-hybridized carbons (Fsp3) is 0.769. The van der Waals surface area contributed by atoms with Crippen molar-refractivity contribution in [2.24, 2.45) is 5.92 Å². The van der Waals surface area contributed by atoms with Gasteiger partial charge in [-0.3, -0.25) is 4.68 Å². The topological polar surface area (TPSA) is 101 Å². The molecule has 7 nitrogen and oxygen atoms in total. The molecule has 1 saturated heterocycles. The number of aromatic nitrogens is 2. The van der Waals surface area contributed by atoms with Crippen molar-refractivity contribution >= 4 is 15.8 Å². The minimum absolute atomic E-state index is 0.0627. The van der Waals surface area contributed by atoms with E-state index in [1.807, 2.05) is 6.92 Å². The molecular formula is C13H24N4O3S. The van der Waals surface area contributed by atoms with E-state index < -0.39 is 10.0 Å². The molecule has 3 N–H and O–H groups in total. The monoisotopic (exact) mass is 316 g/mol. The van der Waals surface area contributed by atoms with Gasteiger partial charge in [0.25, 0.3) is 0 Å². The van der Waals surface area contributed by atoms with Gasteiger partial charge in [0, 0.05) is 32.4 Å². The second-order valence-corrected chi connectivity index (χ2v) is 7.43. The van der Waals surface area contributed by atoms with Gasteiger partial charge < -0.3 is 10.8 Å². The van der Waals surface area contributed by atoms with Crippen LogP contribution in [-0.4, -0.2) is 47.3 Å². The Bertz CT molecular complexity index is 568. The van der Waals surface area contributed by atoms with E-state index in [1.165, 1.54) is 10.5 Å². The highest BCUT2D eigenvalue weighted by atomic mass is 32.2. The molecule has 21 heavy (non-hydrogen) atoms.